The second kappa shape index (κ2) is 6.75. The topological polar surface area (TPSA) is 105 Å². The van der Waals surface area contributed by atoms with Gasteiger partial charge < -0.3 is 14.6 Å². The zero-order valence-corrected chi connectivity index (χ0v) is 12.2. The molecule has 0 N–H and O–H groups in total. The number of alkyl halides is 9. The number of ether oxygens (including phenoxy) is 2. The molecule has 0 fully saturated rings. The molecule has 0 atom stereocenters. The highest BCUT2D eigenvalue weighted by Gasteiger charge is 2.85. The molecule has 0 aliphatic rings. The Kier molecular flexibility index (Phi) is 6.23. The summed E-state index contributed by atoms with van der Waals surface area (Å²) in [5.41, 5.74) is 0. The number of methoxy groups -OCH3 is 1. The summed E-state index contributed by atoms with van der Waals surface area (Å²) < 4.78 is 143. The molecule has 0 aliphatic heterocycles. The van der Waals surface area contributed by atoms with Crippen molar-refractivity contribution < 1.29 is 67.3 Å². The number of hydrogen-bond acceptors (Lipinski definition) is 6. The zero-order valence-electron chi connectivity index (χ0n) is 11.4. The normalized spacial score (nSPS) is 15.0. The van der Waals surface area contributed by atoms with Crippen LogP contribution in [0.3, 0.4) is 0 Å². The van der Waals surface area contributed by atoms with E-state index in [1.54, 1.807) is 0 Å². The molecule has 0 unspecified atom stereocenters. The smallest absolute Gasteiger partial charge is 0.508 e. The molecule has 0 rings (SSSR count). The van der Waals surface area contributed by atoms with Crippen molar-refractivity contribution in [3.8, 4) is 0 Å². The maximum Gasteiger partial charge on any atom is 0.508 e. The second-order valence-electron chi connectivity index (χ2n) is 3.87. The van der Waals surface area contributed by atoms with Crippen molar-refractivity contribution in [2.75, 3.05) is 13.7 Å². The van der Waals surface area contributed by atoms with E-state index < -0.39 is 52.0 Å². The molecule has 0 aromatic heterocycles. The van der Waals surface area contributed by atoms with Crippen molar-refractivity contribution in [2.45, 2.75) is 23.3 Å². The van der Waals surface area contributed by atoms with Crippen LogP contribution in [0, 0.1) is 0 Å². The van der Waals surface area contributed by atoms with Crippen LogP contribution >= 0.6 is 0 Å². The molecule has 0 spiro atoms. The number of hydrogen-bond donors (Lipinski definition) is 0. The summed E-state index contributed by atoms with van der Waals surface area (Å²) in [5.74, 6) is -17.4. The van der Waals surface area contributed by atoms with Crippen LogP contribution < -0.4 is 5.11 Å². The number of halogens is 9. The van der Waals surface area contributed by atoms with Gasteiger partial charge in [0.15, 0.2) is 0 Å². The van der Waals surface area contributed by atoms with Crippen LogP contribution in [-0.4, -0.2) is 57.5 Å². The highest BCUT2D eigenvalue weighted by atomic mass is 32.2. The third-order valence-corrected chi connectivity index (χ3v) is 3.49. The lowest BCUT2D eigenvalue weighted by atomic mass is 10.1. The van der Waals surface area contributed by atoms with E-state index in [1.807, 2.05) is 0 Å². The third-order valence-electron chi connectivity index (χ3n) is 2.14. The molecule has 25 heavy (non-hydrogen) atoms. The van der Waals surface area contributed by atoms with Gasteiger partial charge in [0.05, 0.1) is 7.11 Å². The Bertz CT molecular complexity index is 641. The summed E-state index contributed by atoms with van der Waals surface area (Å²) in [6.07, 6.45) is -8.94. The highest BCUT2D eigenvalue weighted by Crippen LogP contribution is 2.54. The van der Waals surface area contributed by atoms with Crippen molar-refractivity contribution >= 4 is 22.1 Å². The van der Waals surface area contributed by atoms with Gasteiger partial charge >= 0.3 is 39.5 Å². The SMILES string of the molecule is COC(=O)OCC([O-])=NS(=O)(=O)C(F)(F)C(F)(F)C(F)(F)C(F)(F)F. The lowest BCUT2D eigenvalue weighted by Gasteiger charge is -2.32. The second-order valence-corrected chi connectivity index (χ2v) is 5.51. The minimum Gasteiger partial charge on any atom is -0.859 e. The monoisotopic (exact) mass is 414 g/mol. The van der Waals surface area contributed by atoms with E-state index in [2.05, 4.69) is 9.47 Å². The van der Waals surface area contributed by atoms with Crippen molar-refractivity contribution in [3.05, 3.63) is 0 Å². The van der Waals surface area contributed by atoms with Crippen LogP contribution in [0.25, 0.3) is 0 Å². The predicted molar refractivity (Wildman–Crippen MR) is 55.6 cm³/mol. The van der Waals surface area contributed by atoms with E-state index in [0.29, 0.717) is 7.11 Å². The minimum absolute atomic E-state index is 0.675. The number of nitrogens with zero attached hydrogens (tertiary/aromatic N) is 1. The van der Waals surface area contributed by atoms with E-state index in [9.17, 15) is 57.8 Å². The summed E-state index contributed by atoms with van der Waals surface area (Å²) in [7, 11) is -6.56. The average Bonchev–Trinajstić information content (AvgIpc) is 2.42. The van der Waals surface area contributed by atoms with E-state index in [1.165, 1.54) is 4.40 Å². The Morgan fingerprint density at radius 1 is 1.00 bits per heavy atom. The quantitative estimate of drug-likeness (QED) is 0.281. The summed E-state index contributed by atoms with van der Waals surface area (Å²) in [4.78, 5) is 10.4. The van der Waals surface area contributed by atoms with Gasteiger partial charge in [0.1, 0.15) is 6.61 Å². The Morgan fingerprint density at radius 2 is 1.44 bits per heavy atom. The third kappa shape index (κ3) is 4.18. The van der Waals surface area contributed by atoms with E-state index in [0.717, 1.165) is 0 Å². The van der Waals surface area contributed by atoms with Crippen molar-refractivity contribution in [1.29, 1.82) is 0 Å². The number of sulfonamides is 1. The van der Waals surface area contributed by atoms with Gasteiger partial charge in [-0.2, -0.15) is 52.3 Å². The molecule has 17 heteroatoms. The lowest BCUT2D eigenvalue weighted by molar-refractivity contribution is -0.382. The summed E-state index contributed by atoms with van der Waals surface area (Å²) >= 11 is 0. The molecule has 0 bridgehead atoms. The van der Waals surface area contributed by atoms with Crippen LogP contribution in [0.15, 0.2) is 4.40 Å². The molecular weight excluding hydrogens is 409 g/mol. The zero-order chi connectivity index (χ0) is 20.5. The number of carbonyl (C=O) groups is 1. The van der Waals surface area contributed by atoms with Crippen LogP contribution in [0.2, 0.25) is 0 Å². The average molecular weight is 414 g/mol. The van der Waals surface area contributed by atoms with Crippen molar-refractivity contribution in [1.82, 2.24) is 0 Å². The van der Waals surface area contributed by atoms with Gasteiger partial charge in [0, 0.05) is 5.90 Å². The molecule has 0 saturated heterocycles. The van der Waals surface area contributed by atoms with Crippen molar-refractivity contribution in [2.24, 2.45) is 4.40 Å². The van der Waals surface area contributed by atoms with E-state index in [4.69, 9.17) is 0 Å². The predicted octanol–water partition coefficient (Wildman–Crippen LogP) is 1.28. The molecule has 0 radical (unpaired) electrons. The first-order valence-corrected chi connectivity index (χ1v) is 6.70. The summed E-state index contributed by atoms with van der Waals surface area (Å²) in [6, 6.07) is 0. The molecule has 0 aromatic rings. The largest absolute Gasteiger partial charge is 0.859 e. The fraction of sp³-hybridized carbons (Fsp3) is 0.750. The van der Waals surface area contributed by atoms with Crippen LogP contribution in [0.5, 0.6) is 0 Å². The fourth-order valence-corrected chi connectivity index (χ4v) is 1.81. The Labute approximate surface area is 132 Å². The van der Waals surface area contributed by atoms with Gasteiger partial charge in [-0.05, 0) is 0 Å². The van der Waals surface area contributed by atoms with Gasteiger partial charge in [0.2, 0.25) is 0 Å². The molecular formula is C8H5F9NO6S-. The molecule has 0 amide bonds. The van der Waals surface area contributed by atoms with E-state index >= 15 is 0 Å². The minimum atomic E-state index is -7.52. The molecule has 148 valence electrons. The van der Waals surface area contributed by atoms with Crippen molar-refractivity contribution in [3.63, 3.8) is 0 Å². The summed E-state index contributed by atoms with van der Waals surface area (Å²) in [5, 5.41) is 3.69. The van der Waals surface area contributed by atoms with E-state index in [-0.39, 0.29) is 0 Å². The van der Waals surface area contributed by atoms with Crippen LogP contribution in [0.1, 0.15) is 0 Å². The standard InChI is InChI=1S/C8H6F9NO6S/c1-23-4(20)24-2-3(19)18-25(21,22)8(16,17)6(11,12)5(9,10)7(13,14)15/h2H2,1H3,(H,18,19)/p-1. The Balaban J connectivity index is 5.86. The summed E-state index contributed by atoms with van der Waals surface area (Å²) in [6.45, 7) is -1.77. The lowest BCUT2D eigenvalue weighted by Crippen LogP contribution is -2.63. The Morgan fingerprint density at radius 3 is 1.80 bits per heavy atom. The first-order chi connectivity index (χ1) is 10.8. The molecule has 0 heterocycles. The first-order valence-electron chi connectivity index (χ1n) is 5.26. The van der Waals surface area contributed by atoms with Gasteiger partial charge in [-0.1, -0.05) is 0 Å². The number of carbonyl (C=O) groups excluding carboxylic acids is 1. The first kappa shape index (κ1) is 23.1. The molecule has 7 nitrogen and oxygen atoms in total. The van der Waals surface area contributed by atoms with Gasteiger partial charge in [-0.15, -0.1) is 0 Å². The van der Waals surface area contributed by atoms with Crippen LogP contribution in [-0.2, 0) is 19.5 Å². The molecule has 0 aliphatic carbocycles. The van der Waals surface area contributed by atoms with Gasteiger partial charge in [-0.25, -0.2) is 4.79 Å². The molecule has 0 aromatic carbocycles. The maximum atomic E-state index is 13.1. The van der Waals surface area contributed by atoms with Gasteiger partial charge in [0.25, 0.3) is 0 Å². The van der Waals surface area contributed by atoms with Gasteiger partial charge in [-0.3, -0.25) is 0 Å². The maximum absolute atomic E-state index is 13.1. The fourth-order valence-electron chi connectivity index (χ4n) is 0.920. The van der Waals surface area contributed by atoms with Crippen LogP contribution in [0.4, 0.5) is 44.3 Å². The number of rotatable bonds is 6. The Hall–Kier alpha value is -1.94. The molecule has 0 saturated carbocycles. The highest BCUT2D eigenvalue weighted by molar-refractivity contribution is 7.91.